The van der Waals surface area contributed by atoms with Crippen LogP contribution in [0.4, 0.5) is 4.39 Å². The first kappa shape index (κ1) is 16.1. The third kappa shape index (κ3) is 3.25. The summed E-state index contributed by atoms with van der Waals surface area (Å²) in [5.41, 5.74) is 1.57. The van der Waals surface area contributed by atoms with Gasteiger partial charge in [0, 0.05) is 18.1 Å². The molecule has 0 aromatic heterocycles. The molecule has 0 N–H and O–H groups in total. The Kier molecular flexibility index (Phi) is 4.51. The first-order chi connectivity index (χ1) is 11.6. The van der Waals surface area contributed by atoms with E-state index in [4.69, 9.17) is 14.2 Å². The number of halogens is 1. The van der Waals surface area contributed by atoms with E-state index in [2.05, 4.69) is 0 Å². The zero-order valence-corrected chi connectivity index (χ0v) is 13.5. The lowest BCUT2D eigenvalue weighted by molar-refractivity contribution is 0.103. The lowest BCUT2D eigenvalue weighted by atomic mass is 9.99. The fourth-order valence-corrected chi connectivity index (χ4v) is 2.61. The largest absolute Gasteiger partial charge is 0.497 e. The third-order valence-corrected chi connectivity index (χ3v) is 3.82. The van der Waals surface area contributed by atoms with Gasteiger partial charge in [0.2, 0.25) is 0 Å². The summed E-state index contributed by atoms with van der Waals surface area (Å²) in [6.07, 6.45) is 2.20. The molecule has 3 rings (SSSR count). The number of rotatable bonds is 3. The van der Waals surface area contributed by atoms with Gasteiger partial charge in [-0.15, -0.1) is 0 Å². The van der Waals surface area contributed by atoms with Crippen LogP contribution in [0.1, 0.15) is 22.3 Å². The Morgan fingerprint density at radius 2 is 1.79 bits per heavy atom. The van der Waals surface area contributed by atoms with Crippen molar-refractivity contribution in [3.63, 3.8) is 0 Å². The number of carbonyl (C=O) groups is 1. The number of Topliss-reactive ketones (excluding diaryl/α,β-unsaturated/α-hetero) is 1. The second-order valence-corrected chi connectivity index (χ2v) is 5.38. The maximum absolute atomic E-state index is 13.5. The molecule has 0 amide bonds. The Bertz CT molecular complexity index is 789. The third-order valence-electron chi connectivity index (χ3n) is 3.82. The van der Waals surface area contributed by atoms with Crippen LogP contribution in [-0.2, 0) is 0 Å². The standard InChI is InChI=1S/C19H17FO4/c1-22-15-8-12(9-16(11-15)23-2)7-13-5-6-24-18-4-3-14(20)10-17(18)19(13)21/h3-4,7-11H,5-6H2,1-2H3/b13-7+. The van der Waals surface area contributed by atoms with Gasteiger partial charge < -0.3 is 14.2 Å². The molecule has 2 aromatic carbocycles. The number of hydrogen-bond donors (Lipinski definition) is 0. The highest BCUT2D eigenvalue weighted by atomic mass is 19.1. The molecule has 24 heavy (non-hydrogen) atoms. The summed E-state index contributed by atoms with van der Waals surface area (Å²) in [5, 5.41) is 0. The number of carbonyl (C=O) groups excluding carboxylic acids is 1. The quantitative estimate of drug-likeness (QED) is 0.802. The van der Waals surface area contributed by atoms with E-state index in [-0.39, 0.29) is 11.3 Å². The molecule has 1 heterocycles. The van der Waals surface area contributed by atoms with Crippen molar-refractivity contribution in [1.82, 2.24) is 0 Å². The van der Waals surface area contributed by atoms with Crippen LogP contribution < -0.4 is 14.2 Å². The fraction of sp³-hybridized carbons (Fsp3) is 0.211. The molecule has 1 aliphatic rings. The van der Waals surface area contributed by atoms with Crippen LogP contribution >= 0.6 is 0 Å². The predicted molar refractivity (Wildman–Crippen MR) is 88.4 cm³/mol. The first-order valence-corrected chi connectivity index (χ1v) is 7.51. The molecule has 2 aromatic rings. The van der Waals surface area contributed by atoms with Crippen molar-refractivity contribution in [2.24, 2.45) is 0 Å². The molecule has 0 unspecified atom stereocenters. The molecule has 4 nitrogen and oxygen atoms in total. The number of methoxy groups -OCH3 is 2. The van der Waals surface area contributed by atoms with Gasteiger partial charge in [-0.3, -0.25) is 4.79 Å². The normalized spacial score (nSPS) is 15.5. The number of ether oxygens (including phenoxy) is 3. The van der Waals surface area contributed by atoms with E-state index in [0.29, 0.717) is 35.8 Å². The molecule has 0 saturated carbocycles. The second kappa shape index (κ2) is 6.74. The molecule has 0 aliphatic carbocycles. The van der Waals surface area contributed by atoms with E-state index in [0.717, 1.165) is 5.56 Å². The Morgan fingerprint density at radius 3 is 2.46 bits per heavy atom. The zero-order valence-electron chi connectivity index (χ0n) is 13.5. The van der Waals surface area contributed by atoms with Crippen LogP contribution in [0.3, 0.4) is 0 Å². The molecular formula is C19H17FO4. The summed E-state index contributed by atoms with van der Waals surface area (Å²) >= 11 is 0. The highest BCUT2D eigenvalue weighted by Gasteiger charge is 2.22. The van der Waals surface area contributed by atoms with Gasteiger partial charge in [0.1, 0.15) is 23.1 Å². The average molecular weight is 328 g/mol. The van der Waals surface area contributed by atoms with Gasteiger partial charge in [-0.25, -0.2) is 4.39 Å². The van der Waals surface area contributed by atoms with Crippen molar-refractivity contribution >= 4 is 11.9 Å². The topological polar surface area (TPSA) is 44.8 Å². The molecular weight excluding hydrogens is 311 g/mol. The van der Waals surface area contributed by atoms with Crippen LogP contribution in [0, 0.1) is 5.82 Å². The average Bonchev–Trinajstić information content (AvgIpc) is 2.74. The molecule has 0 bridgehead atoms. The molecule has 5 heteroatoms. The molecule has 0 saturated heterocycles. The van der Waals surface area contributed by atoms with Gasteiger partial charge in [0.05, 0.1) is 26.4 Å². The summed E-state index contributed by atoms with van der Waals surface area (Å²) in [7, 11) is 3.13. The Balaban J connectivity index is 2.02. The maximum atomic E-state index is 13.5. The van der Waals surface area contributed by atoms with Gasteiger partial charge in [0.25, 0.3) is 0 Å². The number of ketones is 1. The molecule has 1 aliphatic heterocycles. The smallest absolute Gasteiger partial charge is 0.192 e. The minimum Gasteiger partial charge on any atom is -0.497 e. The Hall–Kier alpha value is -2.82. The zero-order chi connectivity index (χ0) is 17.1. The van der Waals surface area contributed by atoms with Crippen molar-refractivity contribution < 1.29 is 23.4 Å². The van der Waals surface area contributed by atoms with E-state index < -0.39 is 5.82 Å². The minimum atomic E-state index is -0.463. The summed E-state index contributed by atoms with van der Waals surface area (Å²) in [6.45, 7) is 0.358. The van der Waals surface area contributed by atoms with Gasteiger partial charge in [-0.2, -0.15) is 0 Å². The van der Waals surface area contributed by atoms with Crippen molar-refractivity contribution in [1.29, 1.82) is 0 Å². The molecule has 0 fully saturated rings. The van der Waals surface area contributed by atoms with E-state index in [1.54, 1.807) is 38.5 Å². The first-order valence-electron chi connectivity index (χ1n) is 7.51. The second-order valence-electron chi connectivity index (χ2n) is 5.38. The van der Waals surface area contributed by atoms with E-state index in [9.17, 15) is 9.18 Å². The van der Waals surface area contributed by atoms with Gasteiger partial charge >= 0.3 is 0 Å². The van der Waals surface area contributed by atoms with E-state index >= 15 is 0 Å². The minimum absolute atomic E-state index is 0.233. The molecule has 0 atom stereocenters. The van der Waals surface area contributed by atoms with E-state index in [1.165, 1.54) is 18.2 Å². The maximum Gasteiger partial charge on any atom is 0.192 e. The van der Waals surface area contributed by atoms with Crippen LogP contribution in [-0.4, -0.2) is 26.6 Å². The summed E-state index contributed by atoms with van der Waals surface area (Å²) in [4.78, 5) is 12.7. The predicted octanol–water partition coefficient (Wildman–Crippen LogP) is 3.89. The lowest BCUT2D eigenvalue weighted by Crippen LogP contribution is -2.02. The SMILES string of the molecule is COc1cc(/C=C2\CCOc3ccc(F)cc3C2=O)cc(OC)c1. The number of hydrogen-bond acceptors (Lipinski definition) is 4. The Morgan fingerprint density at radius 1 is 1.08 bits per heavy atom. The van der Waals surface area contributed by atoms with Crippen molar-refractivity contribution in [2.75, 3.05) is 20.8 Å². The van der Waals surface area contributed by atoms with Crippen molar-refractivity contribution in [3.8, 4) is 17.2 Å². The lowest BCUT2D eigenvalue weighted by Gasteiger charge is -2.07. The highest BCUT2D eigenvalue weighted by Crippen LogP contribution is 2.30. The van der Waals surface area contributed by atoms with Crippen LogP contribution in [0.15, 0.2) is 42.0 Å². The van der Waals surface area contributed by atoms with Crippen molar-refractivity contribution in [3.05, 3.63) is 58.9 Å². The van der Waals surface area contributed by atoms with E-state index in [1.807, 2.05) is 0 Å². The number of benzene rings is 2. The van der Waals surface area contributed by atoms with Gasteiger partial charge in [-0.05, 0) is 42.0 Å². The summed E-state index contributed by atoms with van der Waals surface area (Å²) in [5.74, 6) is 0.974. The van der Waals surface area contributed by atoms with Crippen LogP contribution in [0.2, 0.25) is 0 Å². The van der Waals surface area contributed by atoms with Crippen LogP contribution in [0.25, 0.3) is 6.08 Å². The van der Waals surface area contributed by atoms with Gasteiger partial charge in [-0.1, -0.05) is 0 Å². The van der Waals surface area contributed by atoms with Gasteiger partial charge in [0.15, 0.2) is 5.78 Å². The number of fused-ring (bicyclic) bond motifs is 1. The molecule has 0 radical (unpaired) electrons. The molecule has 0 spiro atoms. The monoisotopic (exact) mass is 328 g/mol. The molecule has 124 valence electrons. The summed E-state index contributed by atoms with van der Waals surface area (Å²) < 4.78 is 29.5. The van der Waals surface area contributed by atoms with Crippen molar-refractivity contribution in [2.45, 2.75) is 6.42 Å². The highest BCUT2D eigenvalue weighted by molar-refractivity contribution is 6.13. The van der Waals surface area contributed by atoms with Crippen LogP contribution in [0.5, 0.6) is 17.2 Å². The Labute approximate surface area is 139 Å². The fourth-order valence-electron chi connectivity index (χ4n) is 2.61. The summed E-state index contributed by atoms with van der Waals surface area (Å²) in [6, 6.07) is 9.35.